The molecular weight excluding hydrogens is 373 g/mol. The fourth-order valence-electron chi connectivity index (χ4n) is 4.79. The average molecular weight is 397 g/mol. The van der Waals surface area contributed by atoms with E-state index >= 15 is 0 Å². The van der Waals surface area contributed by atoms with E-state index in [-0.39, 0.29) is 17.6 Å². The zero-order valence-electron chi connectivity index (χ0n) is 16.2. The molecule has 3 heteroatoms. The van der Waals surface area contributed by atoms with E-state index in [1.54, 1.807) is 0 Å². The Morgan fingerprint density at radius 1 is 0.724 bits per heavy atom. The summed E-state index contributed by atoms with van der Waals surface area (Å²) in [6.45, 7) is 0.668. The van der Waals surface area contributed by atoms with Gasteiger partial charge in [0.1, 0.15) is 0 Å². The number of benzene rings is 3. The van der Waals surface area contributed by atoms with Crippen molar-refractivity contribution >= 4 is 12.6 Å². The van der Waals surface area contributed by atoms with Crippen LogP contribution in [0.2, 0.25) is 0 Å². The van der Waals surface area contributed by atoms with E-state index < -0.39 is 7.29 Å². The lowest BCUT2D eigenvalue weighted by Crippen LogP contribution is -2.26. The van der Waals surface area contributed by atoms with Crippen molar-refractivity contribution in [3.8, 4) is 0 Å². The minimum absolute atomic E-state index is 0.0104. The van der Waals surface area contributed by atoms with Gasteiger partial charge in [0.2, 0.25) is 0 Å². The Balaban J connectivity index is 1.70. The SMILES string of the molecule is O=P1(c2ccccc2)[C@@H]2C=CC=C[C@@H]2[C@@H](c2ccccc2)N1Cc1ccccc1. The lowest BCUT2D eigenvalue weighted by molar-refractivity contribution is 0.307. The number of hydrogen-bond acceptors (Lipinski definition) is 1. The molecule has 1 saturated heterocycles. The van der Waals surface area contributed by atoms with Crippen LogP contribution in [0.25, 0.3) is 0 Å². The van der Waals surface area contributed by atoms with Gasteiger partial charge in [0, 0.05) is 23.8 Å². The first kappa shape index (κ1) is 18.4. The van der Waals surface area contributed by atoms with Gasteiger partial charge in [-0.3, -0.25) is 0 Å². The predicted octanol–water partition coefficient (Wildman–Crippen LogP) is 5.96. The molecule has 3 aromatic rings. The molecule has 0 amide bonds. The van der Waals surface area contributed by atoms with Gasteiger partial charge in [-0.1, -0.05) is 115 Å². The molecule has 5 rings (SSSR count). The van der Waals surface area contributed by atoms with Gasteiger partial charge in [0.15, 0.2) is 7.29 Å². The number of fused-ring (bicyclic) bond motifs is 1. The third-order valence-corrected chi connectivity index (χ3v) is 9.59. The summed E-state index contributed by atoms with van der Waals surface area (Å²) >= 11 is 0. The quantitative estimate of drug-likeness (QED) is 0.507. The van der Waals surface area contributed by atoms with Crippen LogP contribution >= 0.6 is 7.29 Å². The molecule has 1 fully saturated rings. The maximum Gasteiger partial charge on any atom is 0.186 e. The topological polar surface area (TPSA) is 20.3 Å². The van der Waals surface area contributed by atoms with Gasteiger partial charge < -0.3 is 4.57 Å². The molecular formula is C26H24NOP. The van der Waals surface area contributed by atoms with Crippen molar-refractivity contribution in [1.82, 2.24) is 4.67 Å². The first-order chi connectivity index (χ1) is 14.3. The summed E-state index contributed by atoms with van der Waals surface area (Å²) in [7, 11) is -2.86. The molecule has 29 heavy (non-hydrogen) atoms. The van der Waals surface area contributed by atoms with Crippen molar-refractivity contribution in [3.63, 3.8) is 0 Å². The molecule has 2 nitrogen and oxygen atoms in total. The standard InChI is InChI=1S/C26H24NOP/c28-29(23-16-8-3-9-17-23)25-19-11-10-18-24(25)26(22-14-6-2-7-15-22)27(29)20-21-12-4-1-5-13-21/h1-19,24-26H,20H2/t24-,25+,26+,29?/m0/s1. The third kappa shape index (κ3) is 3.13. The molecule has 0 radical (unpaired) electrons. The summed E-state index contributed by atoms with van der Waals surface area (Å²) in [6.07, 6.45) is 8.59. The van der Waals surface area contributed by atoms with Gasteiger partial charge in [-0.05, 0) is 11.1 Å². The highest BCUT2D eigenvalue weighted by Crippen LogP contribution is 2.69. The Bertz CT molecular complexity index is 1080. The Labute approximate surface area is 172 Å². The highest BCUT2D eigenvalue weighted by Gasteiger charge is 2.55. The first-order valence-corrected chi connectivity index (χ1v) is 11.9. The molecule has 0 saturated carbocycles. The van der Waals surface area contributed by atoms with Crippen LogP contribution in [0, 0.1) is 5.92 Å². The summed E-state index contributed by atoms with van der Waals surface area (Å²) < 4.78 is 17.2. The molecule has 3 aromatic carbocycles. The number of rotatable bonds is 4. The van der Waals surface area contributed by atoms with Crippen molar-refractivity contribution in [2.24, 2.45) is 5.92 Å². The summed E-state index contributed by atoms with van der Waals surface area (Å²) in [5.74, 6) is 0.192. The maximum absolute atomic E-state index is 14.9. The Hall–Kier alpha value is -2.67. The van der Waals surface area contributed by atoms with Gasteiger partial charge in [-0.25, -0.2) is 4.67 Å². The normalized spacial score (nSPS) is 28.3. The van der Waals surface area contributed by atoms with Gasteiger partial charge in [-0.2, -0.15) is 0 Å². The second-order valence-electron chi connectivity index (χ2n) is 7.73. The fourth-order valence-corrected chi connectivity index (χ4v) is 8.46. The van der Waals surface area contributed by atoms with E-state index in [0.29, 0.717) is 6.54 Å². The van der Waals surface area contributed by atoms with Gasteiger partial charge in [0.25, 0.3) is 0 Å². The zero-order valence-corrected chi connectivity index (χ0v) is 17.1. The van der Waals surface area contributed by atoms with Crippen LogP contribution in [0.15, 0.2) is 115 Å². The highest BCUT2D eigenvalue weighted by atomic mass is 31.2. The lowest BCUT2D eigenvalue weighted by atomic mass is 9.87. The van der Waals surface area contributed by atoms with E-state index in [0.717, 1.165) is 5.30 Å². The van der Waals surface area contributed by atoms with E-state index in [1.165, 1.54) is 11.1 Å². The average Bonchev–Trinajstić information content (AvgIpc) is 3.05. The Kier molecular flexibility index (Phi) is 4.83. The van der Waals surface area contributed by atoms with Crippen molar-refractivity contribution in [2.45, 2.75) is 18.2 Å². The van der Waals surface area contributed by atoms with Crippen molar-refractivity contribution < 1.29 is 4.57 Å². The lowest BCUT2D eigenvalue weighted by Gasteiger charge is -2.32. The van der Waals surface area contributed by atoms with Crippen LogP contribution in [0.1, 0.15) is 17.2 Å². The first-order valence-electron chi connectivity index (χ1n) is 10.1. The van der Waals surface area contributed by atoms with Gasteiger partial charge in [-0.15, -0.1) is 0 Å². The third-order valence-electron chi connectivity index (χ3n) is 6.07. The van der Waals surface area contributed by atoms with E-state index in [9.17, 15) is 4.57 Å². The van der Waals surface area contributed by atoms with Crippen LogP contribution < -0.4 is 5.30 Å². The molecule has 1 aliphatic heterocycles. The summed E-state index contributed by atoms with van der Waals surface area (Å²) in [4.78, 5) is 0. The second kappa shape index (κ2) is 7.63. The van der Waals surface area contributed by atoms with Crippen LogP contribution in [0.3, 0.4) is 0 Å². The number of allylic oxidation sites excluding steroid dienone is 3. The van der Waals surface area contributed by atoms with Gasteiger partial charge in [0.05, 0.1) is 5.66 Å². The minimum Gasteiger partial charge on any atom is -0.301 e. The van der Waals surface area contributed by atoms with Gasteiger partial charge >= 0.3 is 0 Å². The molecule has 1 aliphatic carbocycles. The minimum atomic E-state index is -2.86. The van der Waals surface area contributed by atoms with E-state index in [1.807, 2.05) is 42.5 Å². The predicted molar refractivity (Wildman–Crippen MR) is 120 cm³/mol. The fraction of sp³-hybridized carbons (Fsp3) is 0.154. The van der Waals surface area contributed by atoms with E-state index in [4.69, 9.17) is 0 Å². The molecule has 0 bridgehead atoms. The molecule has 0 spiro atoms. The largest absolute Gasteiger partial charge is 0.301 e. The monoisotopic (exact) mass is 397 g/mol. The molecule has 144 valence electrons. The van der Waals surface area contributed by atoms with Crippen molar-refractivity contribution in [3.05, 3.63) is 126 Å². The number of nitrogens with zero attached hydrogens (tertiary/aromatic N) is 1. The highest BCUT2D eigenvalue weighted by molar-refractivity contribution is 7.70. The van der Waals surface area contributed by atoms with Crippen LogP contribution in [0.5, 0.6) is 0 Å². The summed E-state index contributed by atoms with van der Waals surface area (Å²) in [5, 5.41) is 0.948. The summed E-state index contributed by atoms with van der Waals surface area (Å²) in [5.41, 5.74) is 2.41. The Morgan fingerprint density at radius 2 is 1.31 bits per heavy atom. The van der Waals surface area contributed by atoms with Crippen LogP contribution in [-0.4, -0.2) is 10.3 Å². The van der Waals surface area contributed by atoms with Crippen LogP contribution in [-0.2, 0) is 11.1 Å². The number of hydrogen-bond donors (Lipinski definition) is 0. The molecule has 0 aromatic heterocycles. The van der Waals surface area contributed by atoms with Crippen molar-refractivity contribution in [1.29, 1.82) is 0 Å². The van der Waals surface area contributed by atoms with Crippen LogP contribution in [0.4, 0.5) is 0 Å². The smallest absolute Gasteiger partial charge is 0.186 e. The molecule has 1 heterocycles. The second-order valence-corrected chi connectivity index (χ2v) is 10.6. The van der Waals surface area contributed by atoms with Crippen molar-refractivity contribution in [2.75, 3.05) is 0 Å². The summed E-state index contributed by atoms with van der Waals surface area (Å²) in [6, 6.07) is 31.1. The maximum atomic E-state index is 14.9. The molecule has 2 aliphatic rings. The molecule has 1 unspecified atom stereocenters. The molecule has 4 atom stereocenters. The van der Waals surface area contributed by atoms with E-state index in [2.05, 4.69) is 77.5 Å². The zero-order chi connectivity index (χ0) is 19.7. The Morgan fingerprint density at radius 3 is 2.00 bits per heavy atom. The molecule has 0 N–H and O–H groups in total.